The van der Waals surface area contributed by atoms with Gasteiger partial charge >= 0.3 is 0 Å². The van der Waals surface area contributed by atoms with Crippen LogP contribution in [0.2, 0.25) is 0 Å². The van der Waals surface area contributed by atoms with Gasteiger partial charge in [-0.3, -0.25) is 9.48 Å². The van der Waals surface area contributed by atoms with Crippen LogP contribution in [0.5, 0.6) is 0 Å². The van der Waals surface area contributed by atoms with E-state index >= 15 is 0 Å². The summed E-state index contributed by atoms with van der Waals surface area (Å²) in [5.74, 6) is 0.272. The van der Waals surface area contributed by atoms with Gasteiger partial charge in [-0.1, -0.05) is 30.3 Å². The molecule has 0 radical (unpaired) electrons. The van der Waals surface area contributed by atoms with Crippen LogP contribution in [0.1, 0.15) is 11.4 Å². The zero-order valence-corrected chi connectivity index (χ0v) is 13.2. The van der Waals surface area contributed by atoms with Crippen LogP contribution in [0.15, 0.2) is 30.3 Å². The number of hydrogen-bond acceptors (Lipinski definition) is 5. The van der Waals surface area contributed by atoms with Crippen molar-refractivity contribution in [2.45, 2.75) is 20.4 Å². The van der Waals surface area contributed by atoms with E-state index in [1.54, 1.807) is 4.68 Å². The molecule has 118 valence electrons. The van der Waals surface area contributed by atoms with E-state index in [0.717, 1.165) is 22.6 Å². The lowest BCUT2D eigenvalue weighted by molar-refractivity contribution is -0.117. The molecule has 0 saturated carbocycles. The van der Waals surface area contributed by atoms with Crippen molar-refractivity contribution in [1.29, 1.82) is 0 Å². The largest absolute Gasteiger partial charge is 0.321 e. The first kappa shape index (κ1) is 14.9. The molecule has 3 aromatic rings. The standard InChI is InChI=1S/C15H17N7O/c1-10-14(11(2)21(3)18-10)16-13(23)9-22-19-15(17-20-22)12-7-5-4-6-8-12/h4-8H,9H2,1-3H3,(H,16,23). The van der Waals surface area contributed by atoms with E-state index in [9.17, 15) is 4.79 Å². The van der Waals surface area contributed by atoms with E-state index in [1.165, 1.54) is 4.80 Å². The highest BCUT2D eigenvalue weighted by molar-refractivity contribution is 5.91. The van der Waals surface area contributed by atoms with E-state index in [1.807, 2.05) is 51.2 Å². The predicted octanol–water partition coefficient (Wildman–Crippen LogP) is 1.33. The van der Waals surface area contributed by atoms with Crippen LogP contribution >= 0.6 is 0 Å². The number of amides is 1. The van der Waals surface area contributed by atoms with E-state index in [4.69, 9.17) is 0 Å². The van der Waals surface area contributed by atoms with Gasteiger partial charge in [0.25, 0.3) is 0 Å². The molecule has 2 heterocycles. The normalized spacial score (nSPS) is 10.7. The maximum Gasteiger partial charge on any atom is 0.248 e. The summed E-state index contributed by atoms with van der Waals surface area (Å²) >= 11 is 0. The molecule has 2 aromatic heterocycles. The van der Waals surface area contributed by atoms with Crippen LogP contribution < -0.4 is 5.32 Å². The van der Waals surface area contributed by atoms with Crippen LogP contribution in [0, 0.1) is 13.8 Å². The molecule has 0 unspecified atom stereocenters. The second-order valence-electron chi connectivity index (χ2n) is 5.23. The fourth-order valence-electron chi connectivity index (χ4n) is 2.27. The lowest BCUT2D eigenvalue weighted by Crippen LogP contribution is -2.21. The van der Waals surface area contributed by atoms with Gasteiger partial charge in [0.05, 0.1) is 17.1 Å². The van der Waals surface area contributed by atoms with E-state index in [-0.39, 0.29) is 12.5 Å². The second kappa shape index (κ2) is 5.99. The van der Waals surface area contributed by atoms with Gasteiger partial charge < -0.3 is 5.32 Å². The molecule has 0 aliphatic heterocycles. The number of nitrogens with zero attached hydrogens (tertiary/aromatic N) is 6. The second-order valence-corrected chi connectivity index (χ2v) is 5.23. The Morgan fingerprint density at radius 1 is 1.17 bits per heavy atom. The molecular weight excluding hydrogens is 294 g/mol. The van der Waals surface area contributed by atoms with E-state index in [0.29, 0.717) is 5.82 Å². The van der Waals surface area contributed by atoms with Crippen molar-refractivity contribution in [3.8, 4) is 11.4 Å². The van der Waals surface area contributed by atoms with Gasteiger partial charge in [-0.25, -0.2) is 0 Å². The van der Waals surface area contributed by atoms with Gasteiger partial charge in [0.15, 0.2) is 0 Å². The summed E-state index contributed by atoms with van der Waals surface area (Å²) in [5, 5.41) is 19.2. The van der Waals surface area contributed by atoms with Crippen molar-refractivity contribution in [2.24, 2.45) is 7.05 Å². The smallest absolute Gasteiger partial charge is 0.248 e. The Morgan fingerprint density at radius 3 is 2.57 bits per heavy atom. The monoisotopic (exact) mass is 311 g/mol. The molecule has 1 amide bonds. The van der Waals surface area contributed by atoms with Crippen LogP contribution in [0.4, 0.5) is 5.69 Å². The molecule has 23 heavy (non-hydrogen) atoms. The highest BCUT2D eigenvalue weighted by Crippen LogP contribution is 2.18. The summed E-state index contributed by atoms with van der Waals surface area (Å²) in [4.78, 5) is 13.4. The zero-order valence-electron chi connectivity index (χ0n) is 13.2. The minimum absolute atomic E-state index is 0.00634. The van der Waals surface area contributed by atoms with Crippen LogP contribution in [-0.4, -0.2) is 35.9 Å². The number of aromatic nitrogens is 6. The van der Waals surface area contributed by atoms with Crippen LogP contribution in [0.25, 0.3) is 11.4 Å². The molecule has 0 fully saturated rings. The maximum absolute atomic E-state index is 12.2. The van der Waals surface area contributed by atoms with E-state index < -0.39 is 0 Å². The number of anilines is 1. The minimum atomic E-state index is -0.221. The topological polar surface area (TPSA) is 90.5 Å². The van der Waals surface area contributed by atoms with E-state index in [2.05, 4.69) is 25.8 Å². The van der Waals surface area contributed by atoms with Gasteiger partial charge in [-0.2, -0.15) is 9.90 Å². The Hall–Kier alpha value is -3.03. The number of aryl methyl sites for hydroxylation is 2. The predicted molar refractivity (Wildman–Crippen MR) is 84.6 cm³/mol. The number of rotatable bonds is 4. The Balaban J connectivity index is 1.70. The number of nitrogens with one attached hydrogen (secondary N) is 1. The van der Waals surface area contributed by atoms with Crippen molar-refractivity contribution in [1.82, 2.24) is 30.0 Å². The molecule has 0 saturated heterocycles. The quantitative estimate of drug-likeness (QED) is 0.785. The van der Waals surface area contributed by atoms with Gasteiger partial charge in [-0.05, 0) is 19.1 Å². The molecule has 1 aromatic carbocycles. The summed E-state index contributed by atoms with van der Waals surface area (Å²) in [6, 6.07) is 9.50. The molecule has 0 spiro atoms. The minimum Gasteiger partial charge on any atom is -0.321 e. The summed E-state index contributed by atoms with van der Waals surface area (Å²) in [6.45, 7) is 3.74. The number of benzene rings is 1. The number of hydrogen-bond donors (Lipinski definition) is 1. The van der Waals surface area contributed by atoms with Crippen molar-refractivity contribution < 1.29 is 4.79 Å². The third kappa shape index (κ3) is 3.10. The molecule has 8 nitrogen and oxygen atoms in total. The molecule has 0 bridgehead atoms. The van der Waals surface area contributed by atoms with Gasteiger partial charge in [-0.15, -0.1) is 10.2 Å². The highest BCUT2D eigenvalue weighted by Gasteiger charge is 2.14. The van der Waals surface area contributed by atoms with Crippen molar-refractivity contribution in [2.75, 3.05) is 5.32 Å². The Labute approximate surface area is 133 Å². The SMILES string of the molecule is Cc1nn(C)c(C)c1NC(=O)Cn1nnc(-c2ccccc2)n1. The first-order valence-corrected chi connectivity index (χ1v) is 7.18. The Morgan fingerprint density at radius 2 is 1.91 bits per heavy atom. The van der Waals surface area contributed by atoms with Crippen molar-refractivity contribution >= 4 is 11.6 Å². The van der Waals surface area contributed by atoms with Crippen molar-refractivity contribution in [3.05, 3.63) is 41.7 Å². The van der Waals surface area contributed by atoms with Crippen LogP contribution in [-0.2, 0) is 18.4 Å². The number of carbonyl (C=O) groups is 1. The highest BCUT2D eigenvalue weighted by atomic mass is 16.2. The number of carbonyl (C=O) groups excluding carboxylic acids is 1. The van der Waals surface area contributed by atoms with Crippen molar-refractivity contribution in [3.63, 3.8) is 0 Å². The molecule has 1 N–H and O–H groups in total. The third-order valence-electron chi connectivity index (χ3n) is 3.54. The molecule has 0 aliphatic carbocycles. The third-order valence-corrected chi connectivity index (χ3v) is 3.54. The van der Waals surface area contributed by atoms with Crippen LogP contribution in [0.3, 0.4) is 0 Å². The summed E-state index contributed by atoms with van der Waals surface area (Å²) in [6.07, 6.45) is 0. The first-order valence-electron chi connectivity index (χ1n) is 7.18. The first-order chi connectivity index (χ1) is 11.0. The molecule has 3 rings (SSSR count). The zero-order chi connectivity index (χ0) is 16.4. The average molecular weight is 311 g/mol. The van der Waals surface area contributed by atoms with Gasteiger partial charge in [0.1, 0.15) is 6.54 Å². The summed E-state index contributed by atoms with van der Waals surface area (Å²) < 4.78 is 1.73. The lowest BCUT2D eigenvalue weighted by Gasteiger charge is -2.04. The lowest BCUT2D eigenvalue weighted by atomic mass is 10.2. The molecule has 0 aliphatic rings. The molecule has 0 atom stereocenters. The molecule has 8 heteroatoms. The number of tetrazole rings is 1. The fourth-order valence-corrected chi connectivity index (χ4v) is 2.27. The summed E-state index contributed by atoms with van der Waals surface area (Å²) in [5.41, 5.74) is 3.25. The average Bonchev–Trinajstić information content (AvgIpc) is 3.09. The summed E-state index contributed by atoms with van der Waals surface area (Å²) in [7, 11) is 1.84. The Bertz CT molecular complexity index is 835. The fraction of sp³-hybridized carbons (Fsp3) is 0.267. The van der Waals surface area contributed by atoms with Gasteiger partial charge in [0.2, 0.25) is 11.7 Å². The van der Waals surface area contributed by atoms with Gasteiger partial charge in [0, 0.05) is 12.6 Å². The molecular formula is C15H17N7O. The maximum atomic E-state index is 12.2. The Kier molecular flexibility index (Phi) is 3.88.